The number of benzene rings is 1. The minimum atomic E-state index is -0.796. The fourth-order valence-corrected chi connectivity index (χ4v) is 5.68. The Bertz CT molecular complexity index is 1300. The number of nitrogens with zero attached hydrogens (tertiary/aromatic N) is 4. The Labute approximate surface area is 220 Å². The molecule has 10 heteroatoms. The van der Waals surface area contributed by atoms with Gasteiger partial charge in [0.2, 0.25) is 17.7 Å². The number of amides is 4. The molecule has 4 amide bonds. The molecule has 37 heavy (non-hydrogen) atoms. The highest BCUT2D eigenvalue weighted by Gasteiger charge is 2.39. The van der Waals surface area contributed by atoms with E-state index >= 15 is 0 Å². The lowest BCUT2D eigenvalue weighted by molar-refractivity contribution is -0.141. The Balaban J connectivity index is 1.40. The third-order valence-corrected chi connectivity index (χ3v) is 7.78. The number of hydrogen-bond donors (Lipinski definition) is 1. The molecule has 1 aromatic heterocycles. The average molecular weight is 524 g/mol. The first-order valence-corrected chi connectivity index (χ1v) is 13.0. The molecule has 1 atom stereocenters. The average Bonchev–Trinajstić information content (AvgIpc) is 3.64. The SMILES string of the molecule is CC(=O)N1CCC(c2cc(Cl)cc(C(N)=O)c2C(=O)N2CCN(c3ncc(C4CC4)cc3C)CC2)C1=O. The maximum atomic E-state index is 13.8. The summed E-state index contributed by atoms with van der Waals surface area (Å²) in [7, 11) is 0. The number of imide groups is 1. The van der Waals surface area contributed by atoms with Crippen molar-refractivity contribution >= 4 is 41.0 Å². The third kappa shape index (κ3) is 4.80. The number of aromatic nitrogens is 1. The van der Waals surface area contributed by atoms with Crippen LogP contribution in [0.2, 0.25) is 5.02 Å². The molecule has 1 aromatic carbocycles. The highest BCUT2D eigenvalue weighted by Crippen LogP contribution is 2.41. The first kappa shape index (κ1) is 25.2. The summed E-state index contributed by atoms with van der Waals surface area (Å²) < 4.78 is 0. The first-order chi connectivity index (χ1) is 17.7. The van der Waals surface area contributed by atoms with E-state index in [-0.39, 0.29) is 34.5 Å². The lowest BCUT2D eigenvalue weighted by Gasteiger charge is -2.36. The Morgan fingerprint density at radius 2 is 1.73 bits per heavy atom. The van der Waals surface area contributed by atoms with E-state index in [9.17, 15) is 19.2 Å². The van der Waals surface area contributed by atoms with Crippen LogP contribution in [0.5, 0.6) is 0 Å². The van der Waals surface area contributed by atoms with Crippen LogP contribution in [0.4, 0.5) is 5.82 Å². The van der Waals surface area contributed by atoms with E-state index in [1.165, 1.54) is 31.4 Å². The normalized spacial score (nSPS) is 19.9. The lowest BCUT2D eigenvalue weighted by atomic mass is 9.88. The van der Waals surface area contributed by atoms with Crippen molar-refractivity contribution in [3.05, 3.63) is 57.2 Å². The van der Waals surface area contributed by atoms with E-state index in [2.05, 4.69) is 17.9 Å². The summed E-state index contributed by atoms with van der Waals surface area (Å²) in [5, 5.41) is 0.204. The van der Waals surface area contributed by atoms with Crippen molar-refractivity contribution in [2.24, 2.45) is 5.73 Å². The van der Waals surface area contributed by atoms with Gasteiger partial charge < -0.3 is 15.5 Å². The molecule has 2 aliphatic heterocycles. The summed E-state index contributed by atoms with van der Waals surface area (Å²) in [5.74, 6) is -1.13. The van der Waals surface area contributed by atoms with Crippen LogP contribution in [-0.4, -0.2) is 71.1 Å². The second kappa shape index (κ2) is 9.78. The van der Waals surface area contributed by atoms with Gasteiger partial charge in [0.1, 0.15) is 5.82 Å². The molecule has 0 spiro atoms. The number of aryl methyl sites for hydroxylation is 1. The van der Waals surface area contributed by atoms with Crippen molar-refractivity contribution in [2.45, 2.75) is 44.9 Å². The monoisotopic (exact) mass is 523 g/mol. The molecule has 1 unspecified atom stereocenters. The molecule has 3 fully saturated rings. The van der Waals surface area contributed by atoms with Gasteiger partial charge in [-0.05, 0) is 60.9 Å². The van der Waals surface area contributed by atoms with E-state index < -0.39 is 17.7 Å². The van der Waals surface area contributed by atoms with Crippen molar-refractivity contribution < 1.29 is 19.2 Å². The minimum absolute atomic E-state index is 0.0165. The van der Waals surface area contributed by atoms with Gasteiger partial charge in [-0.2, -0.15) is 0 Å². The number of nitrogens with two attached hydrogens (primary N) is 1. The summed E-state index contributed by atoms with van der Waals surface area (Å²) in [6.07, 6.45) is 4.74. The molecule has 1 aliphatic carbocycles. The van der Waals surface area contributed by atoms with Gasteiger partial charge in [-0.1, -0.05) is 17.7 Å². The second-order valence-electron chi connectivity index (χ2n) is 10.1. The maximum Gasteiger partial charge on any atom is 0.255 e. The molecule has 2 N–H and O–H groups in total. The maximum absolute atomic E-state index is 13.8. The van der Waals surface area contributed by atoms with Crippen LogP contribution in [0.3, 0.4) is 0 Å². The number of likely N-dealkylation sites (tertiary alicyclic amines) is 1. The van der Waals surface area contributed by atoms with Crippen LogP contribution in [0.15, 0.2) is 24.4 Å². The van der Waals surface area contributed by atoms with Gasteiger partial charge in [0, 0.05) is 50.9 Å². The summed E-state index contributed by atoms with van der Waals surface area (Å²) in [5.41, 5.74) is 8.47. The highest BCUT2D eigenvalue weighted by atomic mass is 35.5. The number of hydrogen-bond acceptors (Lipinski definition) is 6. The number of anilines is 1. The van der Waals surface area contributed by atoms with Gasteiger partial charge in [-0.15, -0.1) is 0 Å². The predicted molar refractivity (Wildman–Crippen MR) is 139 cm³/mol. The second-order valence-corrected chi connectivity index (χ2v) is 10.5. The van der Waals surface area contributed by atoms with Crippen molar-refractivity contribution in [3.63, 3.8) is 0 Å². The van der Waals surface area contributed by atoms with Crippen LogP contribution >= 0.6 is 11.6 Å². The zero-order valence-corrected chi connectivity index (χ0v) is 21.8. The van der Waals surface area contributed by atoms with E-state index in [1.54, 1.807) is 11.0 Å². The van der Waals surface area contributed by atoms with Crippen LogP contribution < -0.4 is 10.6 Å². The van der Waals surface area contributed by atoms with Crippen LogP contribution in [0.25, 0.3) is 0 Å². The Kier molecular flexibility index (Phi) is 6.66. The first-order valence-electron chi connectivity index (χ1n) is 12.6. The summed E-state index contributed by atoms with van der Waals surface area (Å²) in [6.45, 7) is 5.64. The van der Waals surface area contributed by atoms with Crippen molar-refractivity contribution in [1.29, 1.82) is 0 Å². The largest absolute Gasteiger partial charge is 0.366 e. The molecule has 0 radical (unpaired) electrons. The molecular formula is C27H30ClN5O4. The number of primary amides is 1. The molecule has 1 saturated carbocycles. The number of halogens is 1. The number of piperazine rings is 1. The quantitative estimate of drug-likeness (QED) is 0.644. The summed E-state index contributed by atoms with van der Waals surface area (Å²) >= 11 is 6.28. The molecule has 3 heterocycles. The minimum Gasteiger partial charge on any atom is -0.366 e. The van der Waals surface area contributed by atoms with Crippen molar-refractivity contribution in [3.8, 4) is 0 Å². The highest BCUT2D eigenvalue weighted by molar-refractivity contribution is 6.31. The summed E-state index contributed by atoms with van der Waals surface area (Å²) in [6, 6.07) is 5.12. The number of pyridine rings is 1. The van der Waals surface area contributed by atoms with Gasteiger partial charge in [-0.25, -0.2) is 4.98 Å². The van der Waals surface area contributed by atoms with E-state index in [0.717, 1.165) is 16.3 Å². The topological polar surface area (TPSA) is 117 Å². The lowest BCUT2D eigenvalue weighted by Crippen LogP contribution is -2.49. The fourth-order valence-electron chi connectivity index (χ4n) is 5.46. The molecule has 2 saturated heterocycles. The van der Waals surface area contributed by atoms with Gasteiger partial charge in [0.15, 0.2) is 0 Å². The Morgan fingerprint density at radius 1 is 1.03 bits per heavy atom. The smallest absolute Gasteiger partial charge is 0.255 e. The van der Waals surface area contributed by atoms with Crippen molar-refractivity contribution in [1.82, 2.24) is 14.8 Å². The van der Waals surface area contributed by atoms with Gasteiger partial charge in [0.05, 0.1) is 17.0 Å². The number of carbonyl (C=O) groups excluding carboxylic acids is 4. The molecule has 2 aromatic rings. The Morgan fingerprint density at radius 3 is 2.30 bits per heavy atom. The number of carbonyl (C=O) groups is 4. The van der Waals surface area contributed by atoms with Crippen LogP contribution in [0, 0.1) is 6.92 Å². The number of rotatable bonds is 5. The molecule has 0 bridgehead atoms. The van der Waals surface area contributed by atoms with Crippen LogP contribution in [-0.2, 0) is 9.59 Å². The Hall–Kier alpha value is -3.46. The fraction of sp³-hybridized carbons (Fsp3) is 0.444. The predicted octanol–water partition coefficient (Wildman–Crippen LogP) is 2.84. The van der Waals surface area contributed by atoms with Gasteiger partial charge in [0.25, 0.3) is 5.91 Å². The summed E-state index contributed by atoms with van der Waals surface area (Å²) in [4.78, 5) is 60.8. The molecular weight excluding hydrogens is 494 g/mol. The molecule has 194 valence electrons. The van der Waals surface area contributed by atoms with E-state index in [0.29, 0.717) is 44.1 Å². The zero-order chi connectivity index (χ0) is 26.4. The standard InChI is InChI=1S/C27H30ClN5O4/c1-15-11-18(17-3-4-17)14-30-25(15)31-7-9-32(10-8-31)27(37)23-21(12-19(28)13-22(23)24(29)35)20-5-6-33(16(2)34)26(20)36/h11-14,17,20H,3-10H2,1-2H3,(H2,29,35). The zero-order valence-electron chi connectivity index (χ0n) is 21.0. The third-order valence-electron chi connectivity index (χ3n) is 7.56. The van der Waals surface area contributed by atoms with Gasteiger partial charge >= 0.3 is 0 Å². The molecule has 3 aliphatic rings. The van der Waals surface area contributed by atoms with Gasteiger partial charge in [-0.3, -0.25) is 24.1 Å². The van der Waals surface area contributed by atoms with Crippen molar-refractivity contribution in [2.75, 3.05) is 37.6 Å². The van der Waals surface area contributed by atoms with Crippen LogP contribution in [0.1, 0.15) is 75.4 Å². The van der Waals surface area contributed by atoms with E-state index in [1.807, 2.05) is 6.20 Å². The van der Waals surface area contributed by atoms with E-state index in [4.69, 9.17) is 22.3 Å². The molecule has 5 rings (SSSR count). The molecule has 9 nitrogen and oxygen atoms in total.